The van der Waals surface area contributed by atoms with Crippen molar-refractivity contribution in [3.8, 4) is 0 Å². The first-order valence-electron chi connectivity index (χ1n) is 10.9. The van der Waals surface area contributed by atoms with Gasteiger partial charge in [0.1, 0.15) is 5.82 Å². The second kappa shape index (κ2) is 8.82. The zero-order valence-corrected chi connectivity index (χ0v) is 17.7. The average molecular weight is 404 g/mol. The number of nitrogens with zero attached hydrogens (tertiary/aromatic N) is 2. The number of para-hydroxylation sites is 1. The highest BCUT2D eigenvalue weighted by molar-refractivity contribution is 5.78. The Morgan fingerprint density at radius 2 is 1.80 bits per heavy atom. The number of nitrogens with one attached hydrogen (secondary N) is 1. The summed E-state index contributed by atoms with van der Waals surface area (Å²) < 4.78 is 1.82. The van der Waals surface area contributed by atoms with Gasteiger partial charge in [-0.3, -0.25) is 14.2 Å². The van der Waals surface area contributed by atoms with Gasteiger partial charge in [-0.1, -0.05) is 56.3 Å². The fourth-order valence-corrected chi connectivity index (χ4v) is 4.00. The van der Waals surface area contributed by atoms with Gasteiger partial charge in [0.15, 0.2) is 0 Å². The first-order valence-corrected chi connectivity index (χ1v) is 10.9. The van der Waals surface area contributed by atoms with Crippen molar-refractivity contribution in [3.63, 3.8) is 0 Å². The van der Waals surface area contributed by atoms with Crippen LogP contribution >= 0.6 is 0 Å². The van der Waals surface area contributed by atoms with E-state index >= 15 is 0 Å². The molecule has 30 heavy (non-hydrogen) atoms. The van der Waals surface area contributed by atoms with Crippen LogP contribution in [0.2, 0.25) is 0 Å². The Labute approximate surface area is 177 Å². The van der Waals surface area contributed by atoms with E-state index in [1.165, 1.54) is 0 Å². The molecule has 1 saturated carbocycles. The van der Waals surface area contributed by atoms with Crippen molar-refractivity contribution in [3.05, 3.63) is 76.3 Å². The number of carbonyl (C=O) groups excluding carboxylic acids is 1. The number of aromatic nitrogens is 2. The van der Waals surface area contributed by atoms with Gasteiger partial charge in [-0.25, -0.2) is 4.98 Å². The molecule has 1 unspecified atom stereocenters. The molecule has 1 aromatic heterocycles. The van der Waals surface area contributed by atoms with E-state index in [-0.39, 0.29) is 23.6 Å². The lowest BCUT2D eigenvalue weighted by molar-refractivity contribution is -0.122. The summed E-state index contributed by atoms with van der Waals surface area (Å²) in [5.74, 6) is 1.18. The summed E-state index contributed by atoms with van der Waals surface area (Å²) in [6.45, 7) is 4.32. The molecule has 3 aromatic rings. The number of aryl methyl sites for hydroxylation is 1. The van der Waals surface area contributed by atoms with Crippen LogP contribution in [0.25, 0.3) is 10.9 Å². The van der Waals surface area contributed by atoms with E-state index in [1.54, 1.807) is 0 Å². The first kappa shape index (κ1) is 20.3. The minimum absolute atomic E-state index is 0.00532. The summed E-state index contributed by atoms with van der Waals surface area (Å²) in [6.07, 6.45) is 3.68. The predicted molar refractivity (Wildman–Crippen MR) is 119 cm³/mol. The molecule has 0 spiro atoms. The van der Waals surface area contributed by atoms with E-state index in [1.807, 2.05) is 47.0 Å². The third-order valence-electron chi connectivity index (χ3n) is 5.61. The van der Waals surface area contributed by atoms with E-state index in [9.17, 15) is 9.59 Å². The number of rotatable bonds is 8. The van der Waals surface area contributed by atoms with Crippen LogP contribution in [0.4, 0.5) is 0 Å². The van der Waals surface area contributed by atoms with Crippen molar-refractivity contribution in [2.75, 3.05) is 0 Å². The molecule has 4 rings (SSSR count). The minimum Gasteiger partial charge on any atom is -0.349 e. The second-order valence-electron chi connectivity index (χ2n) is 8.61. The van der Waals surface area contributed by atoms with Crippen LogP contribution in [0.5, 0.6) is 0 Å². The molecule has 5 nitrogen and oxygen atoms in total. The van der Waals surface area contributed by atoms with Crippen LogP contribution in [-0.4, -0.2) is 15.5 Å². The summed E-state index contributed by atoms with van der Waals surface area (Å²) in [5.41, 5.74) is 1.84. The number of amides is 1. The standard InChI is InChI=1S/C25H29N3O2/c1-17(2)16-22(18-8-4-3-5-9-18)27-24(29)15-14-23-26-21-11-7-6-10-20(21)25(30)28(23)19-12-13-19/h3-11,17,19,22H,12-16H2,1-2H3,(H,27,29). The Hall–Kier alpha value is -2.95. The molecule has 1 aliphatic carbocycles. The van der Waals surface area contributed by atoms with Gasteiger partial charge in [0.25, 0.3) is 5.56 Å². The van der Waals surface area contributed by atoms with Gasteiger partial charge in [-0.15, -0.1) is 0 Å². The van der Waals surface area contributed by atoms with Gasteiger partial charge in [0, 0.05) is 18.9 Å². The number of hydrogen-bond donors (Lipinski definition) is 1. The topological polar surface area (TPSA) is 64.0 Å². The molecule has 1 aliphatic rings. The molecular weight excluding hydrogens is 374 g/mol. The van der Waals surface area contributed by atoms with Crippen molar-refractivity contribution < 1.29 is 4.79 Å². The van der Waals surface area contributed by atoms with E-state index in [0.29, 0.717) is 29.7 Å². The molecule has 5 heteroatoms. The molecule has 0 saturated heterocycles. The fourth-order valence-electron chi connectivity index (χ4n) is 4.00. The molecule has 0 bridgehead atoms. The summed E-state index contributed by atoms with van der Waals surface area (Å²) in [5, 5.41) is 3.85. The zero-order chi connectivity index (χ0) is 21.1. The number of benzene rings is 2. The SMILES string of the molecule is CC(C)CC(NC(=O)CCc1nc2ccccc2c(=O)n1C1CC1)c1ccccc1. The third kappa shape index (κ3) is 4.61. The van der Waals surface area contributed by atoms with E-state index in [4.69, 9.17) is 4.98 Å². The van der Waals surface area contributed by atoms with Crippen LogP contribution in [0, 0.1) is 5.92 Å². The number of hydrogen-bond acceptors (Lipinski definition) is 3. The largest absolute Gasteiger partial charge is 0.349 e. The second-order valence-corrected chi connectivity index (χ2v) is 8.61. The van der Waals surface area contributed by atoms with Gasteiger partial charge in [0.2, 0.25) is 5.91 Å². The summed E-state index contributed by atoms with van der Waals surface area (Å²) in [7, 11) is 0. The lowest BCUT2D eigenvalue weighted by Gasteiger charge is -2.21. The maximum Gasteiger partial charge on any atom is 0.261 e. The quantitative estimate of drug-likeness (QED) is 0.599. The van der Waals surface area contributed by atoms with E-state index in [2.05, 4.69) is 31.3 Å². The summed E-state index contributed by atoms with van der Waals surface area (Å²) >= 11 is 0. The predicted octanol–water partition coefficient (Wildman–Crippen LogP) is 4.57. The van der Waals surface area contributed by atoms with Crippen molar-refractivity contribution in [2.45, 2.75) is 58.0 Å². The first-order chi connectivity index (χ1) is 14.5. The van der Waals surface area contributed by atoms with Crippen LogP contribution in [0.1, 0.15) is 63.0 Å². The maximum absolute atomic E-state index is 13.0. The monoisotopic (exact) mass is 403 g/mol. The smallest absolute Gasteiger partial charge is 0.261 e. The fraction of sp³-hybridized carbons (Fsp3) is 0.400. The molecule has 1 N–H and O–H groups in total. The highest BCUT2D eigenvalue weighted by atomic mass is 16.1. The Morgan fingerprint density at radius 1 is 1.10 bits per heavy atom. The number of fused-ring (bicyclic) bond motifs is 1. The molecular formula is C25H29N3O2. The van der Waals surface area contributed by atoms with Crippen molar-refractivity contribution in [2.24, 2.45) is 5.92 Å². The summed E-state index contributed by atoms with van der Waals surface area (Å²) in [4.78, 5) is 30.5. The highest BCUT2D eigenvalue weighted by Crippen LogP contribution is 2.35. The van der Waals surface area contributed by atoms with E-state index in [0.717, 1.165) is 30.7 Å². The average Bonchev–Trinajstić information content (AvgIpc) is 3.57. The molecule has 1 heterocycles. The Morgan fingerprint density at radius 3 is 2.50 bits per heavy atom. The van der Waals surface area contributed by atoms with Crippen LogP contribution in [0.3, 0.4) is 0 Å². The Balaban J connectivity index is 1.51. The van der Waals surface area contributed by atoms with Gasteiger partial charge in [0.05, 0.1) is 16.9 Å². The molecule has 2 aromatic carbocycles. The van der Waals surface area contributed by atoms with E-state index < -0.39 is 0 Å². The van der Waals surface area contributed by atoms with Crippen LogP contribution in [0.15, 0.2) is 59.4 Å². The number of carbonyl (C=O) groups is 1. The normalized spacial score (nSPS) is 14.8. The Kier molecular flexibility index (Phi) is 5.98. The third-order valence-corrected chi connectivity index (χ3v) is 5.61. The maximum atomic E-state index is 13.0. The van der Waals surface area contributed by atoms with Gasteiger partial charge in [-0.2, -0.15) is 0 Å². The van der Waals surface area contributed by atoms with Gasteiger partial charge >= 0.3 is 0 Å². The molecule has 156 valence electrons. The highest BCUT2D eigenvalue weighted by Gasteiger charge is 2.28. The molecule has 1 atom stereocenters. The minimum atomic E-state index is -0.00566. The van der Waals surface area contributed by atoms with Crippen molar-refractivity contribution >= 4 is 16.8 Å². The van der Waals surface area contributed by atoms with Crippen molar-refractivity contribution in [1.82, 2.24) is 14.9 Å². The van der Waals surface area contributed by atoms with Crippen molar-refractivity contribution in [1.29, 1.82) is 0 Å². The Bertz CT molecular complexity index is 1080. The molecule has 0 radical (unpaired) electrons. The van der Waals surface area contributed by atoms with Gasteiger partial charge < -0.3 is 5.32 Å². The lowest BCUT2D eigenvalue weighted by Crippen LogP contribution is -2.31. The lowest BCUT2D eigenvalue weighted by atomic mass is 9.97. The van der Waals surface area contributed by atoms with Crippen LogP contribution in [-0.2, 0) is 11.2 Å². The zero-order valence-electron chi connectivity index (χ0n) is 17.7. The van der Waals surface area contributed by atoms with Gasteiger partial charge in [-0.05, 0) is 42.9 Å². The molecule has 1 fully saturated rings. The molecule has 0 aliphatic heterocycles. The molecule has 1 amide bonds. The summed E-state index contributed by atoms with van der Waals surface area (Å²) in [6, 6.07) is 17.8. The van der Waals surface area contributed by atoms with Crippen LogP contribution < -0.4 is 10.9 Å².